The van der Waals surface area contributed by atoms with Gasteiger partial charge in [-0.05, 0) is 17.7 Å². The lowest BCUT2D eigenvalue weighted by atomic mass is 10.0. The van der Waals surface area contributed by atoms with Crippen LogP contribution in [-0.2, 0) is 4.74 Å². The molecule has 0 aromatic heterocycles. The van der Waals surface area contributed by atoms with Crippen molar-refractivity contribution in [3.8, 4) is 0 Å². The Kier molecular flexibility index (Phi) is 5.03. The zero-order valence-corrected chi connectivity index (χ0v) is 11.3. The molecule has 1 heterocycles. The second kappa shape index (κ2) is 6.76. The van der Waals surface area contributed by atoms with Crippen LogP contribution >= 0.6 is 0 Å². The highest BCUT2D eigenvalue weighted by Crippen LogP contribution is 2.18. The summed E-state index contributed by atoms with van der Waals surface area (Å²) in [6, 6.07) is 7.05. The molecule has 0 amide bonds. The number of piperazine rings is 1. The Balaban J connectivity index is 2.01. The van der Waals surface area contributed by atoms with E-state index >= 15 is 0 Å². The highest BCUT2D eigenvalue weighted by molar-refractivity contribution is 5.89. The Bertz CT molecular complexity index is 451. The first-order valence-corrected chi connectivity index (χ1v) is 6.52. The van der Waals surface area contributed by atoms with Crippen LogP contribution in [0.4, 0.5) is 8.78 Å². The number of halogens is 2. The molecule has 1 aromatic carbocycles. The summed E-state index contributed by atoms with van der Waals surface area (Å²) < 4.78 is 29.5. The van der Waals surface area contributed by atoms with E-state index in [1.54, 1.807) is 17.0 Å². The average molecular weight is 284 g/mol. The first-order valence-electron chi connectivity index (χ1n) is 6.52. The molecule has 1 saturated heterocycles. The van der Waals surface area contributed by atoms with Gasteiger partial charge in [-0.1, -0.05) is 12.1 Å². The Morgan fingerprint density at radius 2 is 2.15 bits per heavy atom. The number of ether oxygens (including phenoxy) is 1. The summed E-state index contributed by atoms with van der Waals surface area (Å²) in [6.07, 6.45) is -2.31. The lowest BCUT2D eigenvalue weighted by molar-refractivity contribution is 0.0600. The van der Waals surface area contributed by atoms with Crippen molar-refractivity contribution >= 4 is 5.97 Å². The molecular weight excluding hydrogens is 266 g/mol. The van der Waals surface area contributed by atoms with Gasteiger partial charge in [0.15, 0.2) is 0 Å². The summed E-state index contributed by atoms with van der Waals surface area (Å²) >= 11 is 0. The molecule has 1 aliphatic heterocycles. The minimum Gasteiger partial charge on any atom is -0.465 e. The number of hydrogen-bond acceptors (Lipinski definition) is 4. The van der Waals surface area contributed by atoms with Gasteiger partial charge in [0.25, 0.3) is 6.43 Å². The summed E-state index contributed by atoms with van der Waals surface area (Å²) in [5.41, 5.74) is 1.47. The van der Waals surface area contributed by atoms with Gasteiger partial charge >= 0.3 is 5.97 Å². The second-order valence-corrected chi connectivity index (χ2v) is 4.77. The Morgan fingerprint density at radius 3 is 2.75 bits per heavy atom. The fraction of sp³-hybridized carbons (Fsp3) is 0.500. The van der Waals surface area contributed by atoms with E-state index in [2.05, 4.69) is 10.1 Å². The van der Waals surface area contributed by atoms with Crippen LogP contribution in [0.5, 0.6) is 0 Å². The molecule has 0 spiro atoms. The van der Waals surface area contributed by atoms with Gasteiger partial charge in [0.05, 0.1) is 19.2 Å². The summed E-state index contributed by atoms with van der Waals surface area (Å²) in [5.74, 6) is -0.382. The van der Waals surface area contributed by atoms with Crippen LogP contribution in [-0.4, -0.2) is 50.6 Å². The van der Waals surface area contributed by atoms with Crippen LogP contribution in [0.1, 0.15) is 22.0 Å². The molecule has 0 saturated carbocycles. The summed E-state index contributed by atoms with van der Waals surface area (Å²) in [6.45, 7) is 1.65. The number of alkyl halides is 2. The van der Waals surface area contributed by atoms with Crippen molar-refractivity contribution in [2.75, 3.05) is 33.3 Å². The average Bonchev–Trinajstić information content (AvgIpc) is 2.46. The molecule has 1 unspecified atom stereocenters. The number of esters is 1. The highest BCUT2D eigenvalue weighted by Gasteiger charge is 2.22. The molecule has 1 atom stereocenters. The number of rotatable bonds is 4. The maximum absolute atomic E-state index is 12.4. The monoisotopic (exact) mass is 284 g/mol. The third kappa shape index (κ3) is 3.74. The fourth-order valence-corrected chi connectivity index (χ4v) is 2.36. The van der Waals surface area contributed by atoms with Crippen molar-refractivity contribution in [2.45, 2.75) is 12.5 Å². The van der Waals surface area contributed by atoms with Crippen molar-refractivity contribution in [3.63, 3.8) is 0 Å². The van der Waals surface area contributed by atoms with E-state index in [-0.39, 0.29) is 18.6 Å². The summed E-state index contributed by atoms with van der Waals surface area (Å²) in [5, 5.41) is 3.30. The van der Waals surface area contributed by atoms with Crippen LogP contribution in [0, 0.1) is 0 Å². The van der Waals surface area contributed by atoms with Gasteiger partial charge in [-0.25, -0.2) is 13.6 Å². The smallest absolute Gasteiger partial charge is 0.337 e. The zero-order valence-electron chi connectivity index (χ0n) is 11.3. The normalized spacial score (nSPS) is 20.1. The minimum atomic E-state index is -2.31. The maximum Gasteiger partial charge on any atom is 0.337 e. The van der Waals surface area contributed by atoms with E-state index in [1.807, 2.05) is 12.1 Å². The summed E-state index contributed by atoms with van der Waals surface area (Å²) in [7, 11) is 1.33. The van der Waals surface area contributed by atoms with Crippen molar-refractivity contribution < 1.29 is 18.3 Å². The predicted octanol–water partition coefficient (Wildman–Crippen LogP) is 1.68. The molecule has 0 aliphatic carbocycles. The third-order valence-corrected chi connectivity index (χ3v) is 3.39. The van der Waals surface area contributed by atoms with Gasteiger partial charge in [0.1, 0.15) is 0 Å². The lowest BCUT2D eigenvalue weighted by Crippen LogP contribution is -2.47. The molecule has 0 radical (unpaired) electrons. The molecule has 110 valence electrons. The van der Waals surface area contributed by atoms with Crippen molar-refractivity contribution in [3.05, 3.63) is 35.4 Å². The van der Waals surface area contributed by atoms with Gasteiger partial charge in [0, 0.05) is 25.7 Å². The Morgan fingerprint density at radius 1 is 1.45 bits per heavy atom. The number of nitrogens with zero attached hydrogens (tertiary/aromatic N) is 1. The molecule has 20 heavy (non-hydrogen) atoms. The van der Waals surface area contributed by atoms with Crippen LogP contribution in [0.25, 0.3) is 0 Å². The van der Waals surface area contributed by atoms with Crippen LogP contribution in [0.3, 0.4) is 0 Å². The fourth-order valence-electron chi connectivity index (χ4n) is 2.36. The zero-order chi connectivity index (χ0) is 14.5. The first-order chi connectivity index (χ1) is 9.60. The highest BCUT2D eigenvalue weighted by atomic mass is 19.3. The number of methoxy groups -OCH3 is 1. The van der Waals surface area contributed by atoms with Crippen LogP contribution in [0.15, 0.2) is 24.3 Å². The molecule has 0 bridgehead atoms. The van der Waals surface area contributed by atoms with Gasteiger partial charge < -0.3 is 10.1 Å². The molecule has 4 nitrogen and oxygen atoms in total. The van der Waals surface area contributed by atoms with E-state index in [0.29, 0.717) is 25.2 Å². The van der Waals surface area contributed by atoms with Gasteiger partial charge in [-0.2, -0.15) is 0 Å². The Labute approximate surface area is 116 Å². The second-order valence-electron chi connectivity index (χ2n) is 4.77. The molecular formula is C14H18F2N2O2. The van der Waals surface area contributed by atoms with Crippen molar-refractivity contribution in [1.82, 2.24) is 10.2 Å². The summed E-state index contributed by atoms with van der Waals surface area (Å²) in [4.78, 5) is 13.1. The van der Waals surface area contributed by atoms with Gasteiger partial charge in [0.2, 0.25) is 0 Å². The van der Waals surface area contributed by atoms with E-state index in [9.17, 15) is 13.6 Å². The van der Waals surface area contributed by atoms with E-state index < -0.39 is 6.43 Å². The van der Waals surface area contributed by atoms with Crippen LogP contribution < -0.4 is 5.32 Å². The van der Waals surface area contributed by atoms with Crippen molar-refractivity contribution in [1.29, 1.82) is 0 Å². The largest absolute Gasteiger partial charge is 0.465 e. The molecule has 6 heteroatoms. The maximum atomic E-state index is 12.4. The van der Waals surface area contributed by atoms with E-state index in [0.717, 1.165) is 5.56 Å². The van der Waals surface area contributed by atoms with E-state index in [4.69, 9.17) is 0 Å². The number of benzene rings is 1. The SMILES string of the molecule is COC(=O)c1ccc(C2CN(CC(F)F)CCN2)cc1. The number of carbonyl (C=O) groups excluding carboxylic acids is 1. The first kappa shape index (κ1) is 14.9. The van der Waals surface area contributed by atoms with Crippen LogP contribution in [0.2, 0.25) is 0 Å². The predicted molar refractivity (Wildman–Crippen MR) is 71.0 cm³/mol. The van der Waals surface area contributed by atoms with E-state index in [1.165, 1.54) is 7.11 Å². The van der Waals surface area contributed by atoms with Gasteiger partial charge in [-0.3, -0.25) is 4.90 Å². The Hall–Kier alpha value is -1.53. The molecule has 1 aromatic rings. The standard InChI is InChI=1S/C14H18F2N2O2/c1-20-14(19)11-4-2-10(3-5-11)12-8-18(7-6-17-12)9-13(15)16/h2-5,12-13,17H,6-9H2,1H3. The van der Waals surface area contributed by atoms with Crippen molar-refractivity contribution in [2.24, 2.45) is 0 Å². The number of hydrogen-bond donors (Lipinski definition) is 1. The molecule has 1 fully saturated rings. The number of nitrogens with one attached hydrogen (secondary N) is 1. The topological polar surface area (TPSA) is 41.6 Å². The quantitative estimate of drug-likeness (QED) is 0.854. The molecule has 2 rings (SSSR count). The lowest BCUT2D eigenvalue weighted by Gasteiger charge is -2.33. The van der Waals surface area contributed by atoms with Gasteiger partial charge in [-0.15, -0.1) is 0 Å². The number of carbonyl (C=O) groups is 1. The third-order valence-electron chi connectivity index (χ3n) is 3.39. The minimum absolute atomic E-state index is 0.00852. The molecule has 1 N–H and O–H groups in total. The molecule has 1 aliphatic rings.